The summed E-state index contributed by atoms with van der Waals surface area (Å²) in [5.41, 5.74) is 3.68. The van der Waals surface area contributed by atoms with Crippen LogP contribution in [0.3, 0.4) is 0 Å². The van der Waals surface area contributed by atoms with Gasteiger partial charge in [-0.2, -0.15) is 5.10 Å². The molecule has 0 bridgehead atoms. The number of rotatable bonds is 9. The standard InChI is InChI=1S/C27H28BrN3OS2/c1-3-5-9-19(4-2)17-30-26(32)24(34-27(30)33)16-21-18-31(23-10-7-6-8-11-23)29-25(21)20-12-14-22(28)15-13-20/h6-8,10-16,18-19H,3-5,9,17H2,1-2H3/b24-16+. The summed E-state index contributed by atoms with van der Waals surface area (Å²) in [6.07, 6.45) is 8.44. The van der Waals surface area contributed by atoms with Crippen LogP contribution in [-0.2, 0) is 4.79 Å². The molecule has 3 aromatic rings. The van der Waals surface area contributed by atoms with Gasteiger partial charge in [-0.15, -0.1) is 0 Å². The molecule has 34 heavy (non-hydrogen) atoms. The van der Waals surface area contributed by atoms with Crippen LogP contribution < -0.4 is 0 Å². The normalized spacial score (nSPS) is 16.0. The van der Waals surface area contributed by atoms with Crippen molar-refractivity contribution in [2.45, 2.75) is 39.5 Å². The quantitative estimate of drug-likeness (QED) is 0.201. The largest absolute Gasteiger partial charge is 0.293 e. The van der Waals surface area contributed by atoms with E-state index >= 15 is 0 Å². The van der Waals surface area contributed by atoms with Gasteiger partial charge in [-0.25, -0.2) is 4.68 Å². The van der Waals surface area contributed by atoms with E-state index in [-0.39, 0.29) is 5.91 Å². The highest BCUT2D eigenvalue weighted by molar-refractivity contribution is 9.10. The van der Waals surface area contributed by atoms with Gasteiger partial charge in [0.15, 0.2) is 0 Å². The van der Waals surface area contributed by atoms with Gasteiger partial charge < -0.3 is 0 Å². The number of amides is 1. The van der Waals surface area contributed by atoms with Crippen molar-refractivity contribution in [3.05, 3.63) is 75.7 Å². The zero-order valence-electron chi connectivity index (χ0n) is 19.4. The molecule has 1 aliphatic heterocycles. The second-order valence-electron chi connectivity index (χ2n) is 8.43. The maximum absolute atomic E-state index is 13.3. The predicted molar refractivity (Wildman–Crippen MR) is 150 cm³/mol. The summed E-state index contributed by atoms with van der Waals surface area (Å²) in [5.74, 6) is 0.472. The Bertz CT molecular complexity index is 1190. The minimum atomic E-state index is -0.000772. The van der Waals surface area contributed by atoms with E-state index in [1.807, 2.05) is 71.6 Å². The average molecular weight is 555 g/mol. The fraction of sp³-hybridized carbons (Fsp3) is 0.296. The van der Waals surface area contributed by atoms with Gasteiger partial charge in [0.1, 0.15) is 4.32 Å². The molecule has 1 saturated heterocycles. The number of nitrogens with zero attached hydrogens (tertiary/aromatic N) is 3. The Morgan fingerprint density at radius 2 is 1.85 bits per heavy atom. The molecule has 1 atom stereocenters. The van der Waals surface area contributed by atoms with Crippen LogP contribution in [0.1, 0.15) is 45.1 Å². The maximum atomic E-state index is 13.3. The number of hydrogen-bond donors (Lipinski definition) is 0. The molecule has 7 heteroatoms. The Balaban J connectivity index is 1.67. The number of halogens is 1. The van der Waals surface area contributed by atoms with E-state index in [0.29, 0.717) is 21.7 Å². The van der Waals surface area contributed by atoms with Gasteiger partial charge >= 0.3 is 0 Å². The molecule has 0 N–H and O–H groups in total. The minimum absolute atomic E-state index is 0.000772. The van der Waals surface area contributed by atoms with Crippen molar-refractivity contribution in [3.63, 3.8) is 0 Å². The molecule has 1 fully saturated rings. The lowest BCUT2D eigenvalue weighted by Gasteiger charge is -2.21. The summed E-state index contributed by atoms with van der Waals surface area (Å²) in [5, 5.41) is 4.87. The molecular weight excluding hydrogens is 526 g/mol. The van der Waals surface area contributed by atoms with Crippen LogP contribution in [0.15, 0.2) is 70.2 Å². The number of unbranched alkanes of at least 4 members (excludes halogenated alkanes) is 1. The van der Waals surface area contributed by atoms with Crippen LogP contribution in [-0.4, -0.2) is 31.5 Å². The van der Waals surface area contributed by atoms with Crippen LogP contribution in [0.5, 0.6) is 0 Å². The van der Waals surface area contributed by atoms with E-state index < -0.39 is 0 Å². The van der Waals surface area contributed by atoms with E-state index in [4.69, 9.17) is 17.3 Å². The van der Waals surface area contributed by atoms with E-state index in [9.17, 15) is 4.79 Å². The summed E-state index contributed by atoms with van der Waals surface area (Å²) in [6.45, 7) is 5.09. The molecule has 176 valence electrons. The molecule has 1 aliphatic rings. The third kappa shape index (κ3) is 5.70. The van der Waals surface area contributed by atoms with Crippen molar-refractivity contribution in [1.82, 2.24) is 14.7 Å². The lowest BCUT2D eigenvalue weighted by atomic mass is 9.99. The fourth-order valence-electron chi connectivity index (χ4n) is 4.01. The van der Waals surface area contributed by atoms with Gasteiger partial charge in [-0.1, -0.05) is 103 Å². The third-order valence-electron chi connectivity index (χ3n) is 6.03. The molecule has 0 spiro atoms. The molecule has 1 amide bonds. The molecule has 4 nitrogen and oxygen atoms in total. The first-order chi connectivity index (χ1) is 16.5. The monoisotopic (exact) mass is 553 g/mol. The summed E-state index contributed by atoms with van der Waals surface area (Å²) >= 11 is 10.5. The number of hydrogen-bond acceptors (Lipinski definition) is 4. The Morgan fingerprint density at radius 3 is 2.53 bits per heavy atom. The lowest BCUT2D eigenvalue weighted by molar-refractivity contribution is -0.122. The number of para-hydroxylation sites is 1. The molecular formula is C27H28BrN3OS2. The average Bonchev–Trinajstić information content (AvgIpc) is 3.39. The van der Waals surface area contributed by atoms with Gasteiger partial charge in [0, 0.05) is 28.3 Å². The number of aromatic nitrogens is 2. The molecule has 0 saturated carbocycles. The smallest absolute Gasteiger partial charge is 0.266 e. The highest BCUT2D eigenvalue weighted by Gasteiger charge is 2.33. The van der Waals surface area contributed by atoms with Crippen LogP contribution in [0.2, 0.25) is 0 Å². The van der Waals surface area contributed by atoms with Crippen molar-refractivity contribution in [1.29, 1.82) is 0 Å². The minimum Gasteiger partial charge on any atom is -0.293 e. The predicted octanol–water partition coefficient (Wildman–Crippen LogP) is 7.72. The highest BCUT2D eigenvalue weighted by Crippen LogP contribution is 2.36. The van der Waals surface area contributed by atoms with Gasteiger partial charge in [0.2, 0.25) is 0 Å². The SMILES string of the molecule is CCCCC(CC)CN1C(=O)/C(=C\c2cn(-c3ccccc3)nc2-c2ccc(Br)cc2)SC1=S. The first-order valence-electron chi connectivity index (χ1n) is 11.7. The molecule has 0 radical (unpaired) electrons. The van der Waals surface area contributed by atoms with Crippen LogP contribution >= 0.6 is 39.9 Å². The first kappa shape index (κ1) is 24.9. The van der Waals surface area contributed by atoms with E-state index in [1.54, 1.807) is 4.90 Å². The highest BCUT2D eigenvalue weighted by atomic mass is 79.9. The van der Waals surface area contributed by atoms with Gasteiger partial charge in [0.25, 0.3) is 5.91 Å². The van der Waals surface area contributed by atoms with Crippen molar-refractivity contribution in [2.75, 3.05) is 6.54 Å². The Kier molecular flexibility index (Phi) is 8.40. The van der Waals surface area contributed by atoms with Crippen LogP contribution in [0.25, 0.3) is 23.0 Å². The molecule has 4 rings (SSSR count). The van der Waals surface area contributed by atoms with Gasteiger partial charge in [-0.05, 0) is 42.7 Å². The second kappa shape index (κ2) is 11.5. The lowest BCUT2D eigenvalue weighted by Crippen LogP contribution is -2.33. The van der Waals surface area contributed by atoms with Gasteiger partial charge in [-0.3, -0.25) is 9.69 Å². The summed E-state index contributed by atoms with van der Waals surface area (Å²) in [4.78, 5) is 15.8. The number of benzene rings is 2. The number of carbonyl (C=O) groups excluding carboxylic acids is 1. The molecule has 2 aromatic carbocycles. The van der Waals surface area contributed by atoms with E-state index in [0.717, 1.165) is 39.8 Å². The third-order valence-corrected chi connectivity index (χ3v) is 7.93. The molecule has 1 aromatic heterocycles. The van der Waals surface area contributed by atoms with Crippen molar-refractivity contribution in [2.24, 2.45) is 5.92 Å². The van der Waals surface area contributed by atoms with E-state index in [2.05, 4.69) is 29.8 Å². The maximum Gasteiger partial charge on any atom is 0.266 e. The topological polar surface area (TPSA) is 38.1 Å². The zero-order valence-corrected chi connectivity index (χ0v) is 22.6. The van der Waals surface area contributed by atoms with E-state index in [1.165, 1.54) is 24.6 Å². The summed E-state index contributed by atoms with van der Waals surface area (Å²) in [7, 11) is 0. The Labute approximate surface area is 219 Å². The van der Waals surface area contributed by atoms with Crippen molar-refractivity contribution >= 4 is 56.2 Å². The van der Waals surface area contributed by atoms with Gasteiger partial charge in [0.05, 0.1) is 16.3 Å². The molecule has 0 aliphatic carbocycles. The fourth-order valence-corrected chi connectivity index (χ4v) is 5.54. The first-order valence-corrected chi connectivity index (χ1v) is 13.7. The second-order valence-corrected chi connectivity index (χ2v) is 11.0. The Morgan fingerprint density at radius 1 is 1.12 bits per heavy atom. The van der Waals surface area contributed by atoms with Crippen LogP contribution in [0, 0.1) is 5.92 Å². The zero-order chi connectivity index (χ0) is 24.1. The molecule has 2 heterocycles. The summed E-state index contributed by atoms with van der Waals surface area (Å²) < 4.78 is 3.52. The van der Waals surface area contributed by atoms with Crippen molar-refractivity contribution < 1.29 is 4.79 Å². The molecule has 1 unspecified atom stereocenters. The summed E-state index contributed by atoms with van der Waals surface area (Å²) in [6, 6.07) is 18.1. The number of thiocarbonyl (C=S) groups is 1. The number of carbonyl (C=O) groups is 1. The number of thioether (sulfide) groups is 1. The van der Waals surface area contributed by atoms with Crippen LogP contribution in [0.4, 0.5) is 0 Å². The Hall–Kier alpha value is -2.22. The van der Waals surface area contributed by atoms with Crippen molar-refractivity contribution in [3.8, 4) is 16.9 Å².